The summed E-state index contributed by atoms with van der Waals surface area (Å²) in [6, 6.07) is 18.9. The molecule has 1 amide bonds. The number of hydrogen-bond acceptors (Lipinski definition) is 5. The second-order valence-electron chi connectivity index (χ2n) is 6.73. The van der Waals surface area contributed by atoms with Gasteiger partial charge in [-0.3, -0.25) is 4.79 Å². The molecule has 7 heteroatoms. The summed E-state index contributed by atoms with van der Waals surface area (Å²) in [4.78, 5) is 12.3. The van der Waals surface area contributed by atoms with Crippen LogP contribution in [0, 0.1) is 13.8 Å². The van der Waals surface area contributed by atoms with E-state index in [1.165, 1.54) is 0 Å². The summed E-state index contributed by atoms with van der Waals surface area (Å²) in [5.74, 6) is 0.967. The zero-order valence-corrected chi connectivity index (χ0v) is 16.3. The van der Waals surface area contributed by atoms with Gasteiger partial charge in [-0.05, 0) is 43.2 Å². The molecular formula is C22H21N5O2. The minimum atomic E-state index is -0.120. The van der Waals surface area contributed by atoms with Crippen LogP contribution in [0.25, 0.3) is 17.0 Å². The SMILES string of the molecule is Cc1ccc(C(=O)NCCOc2ccc3nnc(-c4ccccc4)n3n2)cc1C. The zero-order chi connectivity index (χ0) is 20.2. The van der Waals surface area contributed by atoms with Gasteiger partial charge in [0.25, 0.3) is 5.91 Å². The minimum Gasteiger partial charge on any atom is -0.475 e. The van der Waals surface area contributed by atoms with Crippen LogP contribution < -0.4 is 10.1 Å². The van der Waals surface area contributed by atoms with Crippen LogP contribution in [0.2, 0.25) is 0 Å². The van der Waals surface area contributed by atoms with Crippen molar-refractivity contribution >= 4 is 11.6 Å². The molecule has 2 aromatic carbocycles. The molecule has 0 aliphatic carbocycles. The van der Waals surface area contributed by atoms with E-state index in [2.05, 4.69) is 20.6 Å². The van der Waals surface area contributed by atoms with Crippen LogP contribution in [-0.2, 0) is 0 Å². The molecule has 0 saturated heterocycles. The fourth-order valence-electron chi connectivity index (χ4n) is 2.92. The van der Waals surface area contributed by atoms with Gasteiger partial charge in [0.15, 0.2) is 11.5 Å². The van der Waals surface area contributed by atoms with E-state index in [4.69, 9.17) is 4.74 Å². The van der Waals surface area contributed by atoms with E-state index in [1.807, 2.05) is 62.4 Å². The predicted octanol–water partition coefficient (Wildman–Crippen LogP) is 3.22. The summed E-state index contributed by atoms with van der Waals surface area (Å²) in [6.45, 7) is 4.69. The maximum absolute atomic E-state index is 12.3. The van der Waals surface area contributed by atoms with E-state index in [1.54, 1.807) is 16.6 Å². The predicted molar refractivity (Wildman–Crippen MR) is 110 cm³/mol. The molecule has 4 aromatic rings. The number of nitrogens with one attached hydrogen (secondary N) is 1. The summed E-state index contributed by atoms with van der Waals surface area (Å²) in [5.41, 5.74) is 4.46. The van der Waals surface area contributed by atoms with Crippen LogP contribution in [0.3, 0.4) is 0 Å². The van der Waals surface area contributed by atoms with Crippen LogP contribution in [-0.4, -0.2) is 38.9 Å². The fourth-order valence-corrected chi connectivity index (χ4v) is 2.92. The van der Waals surface area contributed by atoms with Crippen molar-refractivity contribution in [3.8, 4) is 17.3 Å². The monoisotopic (exact) mass is 387 g/mol. The van der Waals surface area contributed by atoms with Gasteiger partial charge in [0.1, 0.15) is 6.61 Å². The average Bonchev–Trinajstić information content (AvgIpc) is 3.17. The van der Waals surface area contributed by atoms with Gasteiger partial charge in [-0.15, -0.1) is 15.3 Å². The molecule has 0 spiro atoms. The van der Waals surface area contributed by atoms with Gasteiger partial charge in [0.2, 0.25) is 5.88 Å². The highest BCUT2D eigenvalue weighted by molar-refractivity contribution is 5.94. The van der Waals surface area contributed by atoms with Crippen LogP contribution >= 0.6 is 0 Å². The van der Waals surface area contributed by atoms with Crippen molar-refractivity contribution in [1.29, 1.82) is 0 Å². The van der Waals surface area contributed by atoms with Crippen LogP contribution in [0.1, 0.15) is 21.5 Å². The standard InChI is InChI=1S/C22H21N5O2/c1-15-8-9-18(14-16(15)2)22(28)23-12-13-29-20-11-10-19-24-25-21(27(19)26-20)17-6-4-3-5-7-17/h3-11,14H,12-13H2,1-2H3,(H,23,28). The number of fused-ring (bicyclic) bond motifs is 1. The number of aryl methyl sites for hydroxylation is 2. The Kier molecular flexibility index (Phi) is 5.20. The van der Waals surface area contributed by atoms with E-state index in [9.17, 15) is 4.79 Å². The maximum atomic E-state index is 12.3. The molecule has 146 valence electrons. The third kappa shape index (κ3) is 4.08. The first-order chi connectivity index (χ1) is 14.1. The quantitative estimate of drug-likeness (QED) is 0.514. The van der Waals surface area contributed by atoms with Crippen LogP contribution in [0.4, 0.5) is 0 Å². The molecule has 1 N–H and O–H groups in total. The van der Waals surface area contributed by atoms with Gasteiger partial charge in [-0.1, -0.05) is 36.4 Å². The van der Waals surface area contributed by atoms with Crippen molar-refractivity contribution in [2.24, 2.45) is 0 Å². The Labute approximate surface area is 168 Å². The van der Waals surface area contributed by atoms with Crippen LogP contribution in [0.15, 0.2) is 60.7 Å². The number of ether oxygens (including phenoxy) is 1. The third-order valence-electron chi connectivity index (χ3n) is 4.68. The molecule has 0 fully saturated rings. The zero-order valence-electron chi connectivity index (χ0n) is 16.3. The Balaban J connectivity index is 1.38. The van der Waals surface area contributed by atoms with E-state index in [0.29, 0.717) is 36.1 Å². The lowest BCUT2D eigenvalue weighted by Gasteiger charge is -2.09. The molecule has 4 rings (SSSR count). The maximum Gasteiger partial charge on any atom is 0.251 e. The van der Waals surface area contributed by atoms with E-state index in [-0.39, 0.29) is 5.91 Å². The second kappa shape index (κ2) is 8.10. The summed E-state index contributed by atoms with van der Waals surface area (Å²) < 4.78 is 7.35. The summed E-state index contributed by atoms with van der Waals surface area (Å²) >= 11 is 0. The fraction of sp³-hybridized carbons (Fsp3) is 0.182. The molecule has 0 atom stereocenters. The molecule has 0 unspecified atom stereocenters. The molecule has 29 heavy (non-hydrogen) atoms. The highest BCUT2D eigenvalue weighted by atomic mass is 16.5. The largest absolute Gasteiger partial charge is 0.475 e. The molecule has 2 aromatic heterocycles. The first-order valence-electron chi connectivity index (χ1n) is 9.38. The Morgan fingerprint density at radius 3 is 2.62 bits per heavy atom. The number of carbonyl (C=O) groups excluding carboxylic acids is 1. The molecule has 0 aliphatic heterocycles. The van der Waals surface area contributed by atoms with E-state index < -0.39 is 0 Å². The Morgan fingerprint density at radius 2 is 1.83 bits per heavy atom. The first kappa shape index (κ1) is 18.6. The number of rotatable bonds is 6. The number of amides is 1. The minimum absolute atomic E-state index is 0.120. The highest BCUT2D eigenvalue weighted by Gasteiger charge is 2.10. The molecule has 7 nitrogen and oxygen atoms in total. The van der Waals surface area contributed by atoms with Gasteiger partial charge in [0, 0.05) is 17.2 Å². The number of hydrogen-bond donors (Lipinski definition) is 1. The van der Waals surface area contributed by atoms with Gasteiger partial charge in [0.05, 0.1) is 6.54 Å². The molecule has 0 saturated carbocycles. The lowest BCUT2D eigenvalue weighted by molar-refractivity contribution is 0.0946. The number of nitrogens with zero attached hydrogens (tertiary/aromatic N) is 4. The third-order valence-corrected chi connectivity index (χ3v) is 4.68. The van der Waals surface area contributed by atoms with Crippen molar-refractivity contribution in [3.63, 3.8) is 0 Å². The van der Waals surface area contributed by atoms with Gasteiger partial charge >= 0.3 is 0 Å². The molecule has 0 radical (unpaired) electrons. The molecular weight excluding hydrogens is 366 g/mol. The topological polar surface area (TPSA) is 81.4 Å². The molecule has 2 heterocycles. The Bertz CT molecular complexity index is 1150. The second-order valence-corrected chi connectivity index (χ2v) is 6.73. The lowest BCUT2D eigenvalue weighted by Crippen LogP contribution is -2.28. The lowest BCUT2D eigenvalue weighted by atomic mass is 10.1. The number of carbonyl (C=O) groups is 1. The van der Waals surface area contributed by atoms with Gasteiger partial charge < -0.3 is 10.1 Å². The van der Waals surface area contributed by atoms with E-state index in [0.717, 1.165) is 16.7 Å². The smallest absolute Gasteiger partial charge is 0.251 e. The summed E-state index contributed by atoms with van der Waals surface area (Å²) in [6.07, 6.45) is 0. The normalized spacial score (nSPS) is 10.8. The Morgan fingerprint density at radius 1 is 1.00 bits per heavy atom. The van der Waals surface area contributed by atoms with Crippen molar-refractivity contribution in [1.82, 2.24) is 25.1 Å². The van der Waals surface area contributed by atoms with E-state index >= 15 is 0 Å². The summed E-state index contributed by atoms with van der Waals surface area (Å²) in [5, 5.41) is 15.7. The van der Waals surface area contributed by atoms with Crippen molar-refractivity contribution in [3.05, 3.63) is 77.4 Å². The van der Waals surface area contributed by atoms with Crippen LogP contribution in [0.5, 0.6) is 5.88 Å². The summed E-state index contributed by atoms with van der Waals surface area (Å²) in [7, 11) is 0. The van der Waals surface area contributed by atoms with Gasteiger partial charge in [-0.25, -0.2) is 0 Å². The molecule has 0 aliphatic rings. The first-order valence-corrected chi connectivity index (χ1v) is 9.38. The van der Waals surface area contributed by atoms with Gasteiger partial charge in [-0.2, -0.15) is 4.52 Å². The van der Waals surface area contributed by atoms with Crippen molar-refractivity contribution < 1.29 is 9.53 Å². The average molecular weight is 387 g/mol. The van der Waals surface area contributed by atoms with Crippen molar-refractivity contribution in [2.45, 2.75) is 13.8 Å². The number of aromatic nitrogens is 4. The molecule has 0 bridgehead atoms. The Hall–Kier alpha value is -3.74. The van der Waals surface area contributed by atoms with Crippen molar-refractivity contribution in [2.75, 3.05) is 13.2 Å². The highest BCUT2D eigenvalue weighted by Crippen LogP contribution is 2.18. The number of benzene rings is 2.